The minimum Gasteiger partial charge on any atom is -0.488 e. The third-order valence-electron chi connectivity index (χ3n) is 2.75. The minimum atomic E-state index is -0.782. The van der Waals surface area contributed by atoms with Crippen LogP contribution in [0.3, 0.4) is 0 Å². The monoisotopic (exact) mass is 373 g/mol. The Morgan fingerprint density at radius 3 is 2.76 bits per heavy atom. The summed E-state index contributed by atoms with van der Waals surface area (Å²) in [5, 5.41) is 13.5. The number of nitrogens with one attached hydrogen (secondary N) is 1. The lowest BCUT2D eigenvalue weighted by Gasteiger charge is -2.15. The van der Waals surface area contributed by atoms with Crippen LogP contribution in [0.25, 0.3) is 0 Å². The van der Waals surface area contributed by atoms with Crippen molar-refractivity contribution in [1.82, 2.24) is 0 Å². The Labute approximate surface area is 135 Å². The molecule has 0 fully saturated rings. The first kappa shape index (κ1) is 16.1. The number of ether oxygens (including phenoxy) is 1. The number of benzene rings is 2. The molecule has 0 bridgehead atoms. The van der Waals surface area contributed by atoms with Crippen LogP contribution in [-0.2, 0) is 0 Å². The lowest BCUT2D eigenvalue weighted by atomic mass is 10.3. The highest BCUT2D eigenvalue weighted by Gasteiger charge is 2.09. The molecule has 2 aromatic rings. The Bertz CT molecular complexity index is 612. The Kier molecular flexibility index (Phi) is 5.85. The molecule has 0 amide bonds. The number of para-hydroxylation sites is 1. The van der Waals surface area contributed by atoms with Crippen molar-refractivity contribution in [3.63, 3.8) is 0 Å². The van der Waals surface area contributed by atoms with Crippen LogP contribution in [0.1, 0.15) is 0 Å². The van der Waals surface area contributed by atoms with E-state index < -0.39 is 11.9 Å². The highest BCUT2D eigenvalue weighted by Crippen LogP contribution is 2.29. The second-order valence-electron chi connectivity index (χ2n) is 4.38. The second-order valence-corrected chi connectivity index (χ2v) is 5.58. The van der Waals surface area contributed by atoms with E-state index in [9.17, 15) is 9.50 Å². The fourth-order valence-electron chi connectivity index (χ4n) is 1.67. The van der Waals surface area contributed by atoms with E-state index in [0.717, 1.165) is 10.2 Å². The van der Waals surface area contributed by atoms with Gasteiger partial charge in [0.15, 0.2) is 11.6 Å². The van der Waals surface area contributed by atoms with Crippen molar-refractivity contribution in [2.24, 2.45) is 0 Å². The minimum absolute atomic E-state index is 0.00782. The first-order valence-electron chi connectivity index (χ1n) is 6.31. The maximum atomic E-state index is 13.3. The number of hydrogen-bond donors (Lipinski definition) is 2. The quantitative estimate of drug-likeness (QED) is 0.800. The molecular weight excluding hydrogens is 361 g/mol. The van der Waals surface area contributed by atoms with Crippen molar-refractivity contribution in [2.75, 3.05) is 18.5 Å². The van der Waals surface area contributed by atoms with Gasteiger partial charge in [0.05, 0.1) is 15.2 Å². The summed E-state index contributed by atoms with van der Waals surface area (Å²) < 4.78 is 19.3. The smallest absolute Gasteiger partial charge is 0.165 e. The van der Waals surface area contributed by atoms with E-state index in [4.69, 9.17) is 16.3 Å². The molecule has 0 saturated carbocycles. The number of anilines is 1. The molecule has 2 N–H and O–H groups in total. The molecule has 112 valence electrons. The van der Waals surface area contributed by atoms with Gasteiger partial charge in [0.2, 0.25) is 0 Å². The maximum Gasteiger partial charge on any atom is 0.165 e. The lowest BCUT2D eigenvalue weighted by Crippen LogP contribution is -2.26. The van der Waals surface area contributed by atoms with E-state index in [-0.39, 0.29) is 18.9 Å². The molecule has 0 aliphatic rings. The summed E-state index contributed by atoms with van der Waals surface area (Å²) in [4.78, 5) is 0. The van der Waals surface area contributed by atoms with Crippen molar-refractivity contribution in [1.29, 1.82) is 0 Å². The largest absolute Gasteiger partial charge is 0.488 e. The zero-order chi connectivity index (χ0) is 15.2. The zero-order valence-corrected chi connectivity index (χ0v) is 13.4. The van der Waals surface area contributed by atoms with E-state index in [1.54, 1.807) is 24.3 Å². The van der Waals surface area contributed by atoms with Crippen LogP contribution < -0.4 is 10.1 Å². The number of aliphatic hydroxyl groups is 1. The molecule has 0 heterocycles. The molecule has 0 aliphatic carbocycles. The predicted molar refractivity (Wildman–Crippen MR) is 85.5 cm³/mol. The molecule has 6 heteroatoms. The third-order valence-corrected chi connectivity index (χ3v) is 4.15. The topological polar surface area (TPSA) is 41.5 Å². The Morgan fingerprint density at radius 2 is 2.00 bits per heavy atom. The van der Waals surface area contributed by atoms with E-state index in [1.165, 1.54) is 12.1 Å². The highest BCUT2D eigenvalue weighted by atomic mass is 79.9. The van der Waals surface area contributed by atoms with Gasteiger partial charge >= 0.3 is 0 Å². The highest BCUT2D eigenvalue weighted by molar-refractivity contribution is 9.10. The number of rotatable bonds is 6. The zero-order valence-electron chi connectivity index (χ0n) is 11.0. The molecule has 0 spiro atoms. The summed E-state index contributed by atoms with van der Waals surface area (Å²) in [6.45, 7) is 0.250. The fraction of sp³-hybridized carbons (Fsp3) is 0.200. The van der Waals surface area contributed by atoms with E-state index >= 15 is 0 Å². The molecule has 0 saturated heterocycles. The van der Waals surface area contributed by atoms with Crippen molar-refractivity contribution < 1.29 is 14.2 Å². The van der Waals surface area contributed by atoms with Gasteiger partial charge in [0, 0.05) is 6.54 Å². The molecule has 21 heavy (non-hydrogen) atoms. The first-order valence-corrected chi connectivity index (χ1v) is 7.48. The van der Waals surface area contributed by atoms with Crippen LogP contribution in [0.2, 0.25) is 5.02 Å². The molecule has 0 aliphatic heterocycles. The summed E-state index contributed by atoms with van der Waals surface area (Å²) in [7, 11) is 0. The molecule has 1 atom stereocenters. The summed E-state index contributed by atoms with van der Waals surface area (Å²) in [6, 6.07) is 11.5. The average molecular weight is 375 g/mol. The number of halogens is 3. The SMILES string of the molecule is OC(CNc1cccc(Cl)c1Br)COc1ccccc1F. The standard InChI is InChI=1S/C15H14BrClFNO2/c16-15-11(17)4-3-6-13(15)19-8-10(20)9-21-14-7-2-1-5-12(14)18/h1-7,10,19-20H,8-9H2. The molecule has 2 rings (SSSR count). The second kappa shape index (κ2) is 7.64. The van der Waals surface area contributed by atoms with Crippen LogP contribution in [0, 0.1) is 5.82 Å². The molecule has 1 unspecified atom stereocenters. The van der Waals surface area contributed by atoms with Crippen LogP contribution in [0.4, 0.5) is 10.1 Å². The third kappa shape index (κ3) is 4.59. The van der Waals surface area contributed by atoms with Gasteiger partial charge < -0.3 is 15.2 Å². The molecule has 0 radical (unpaired) electrons. The maximum absolute atomic E-state index is 13.3. The van der Waals surface area contributed by atoms with Crippen molar-refractivity contribution in [3.05, 3.63) is 57.8 Å². The Morgan fingerprint density at radius 1 is 1.24 bits per heavy atom. The van der Waals surface area contributed by atoms with Gasteiger partial charge in [-0.05, 0) is 40.2 Å². The van der Waals surface area contributed by atoms with Crippen molar-refractivity contribution >= 4 is 33.2 Å². The van der Waals surface area contributed by atoms with Crippen molar-refractivity contribution in [2.45, 2.75) is 6.10 Å². The van der Waals surface area contributed by atoms with Gasteiger partial charge in [-0.15, -0.1) is 0 Å². The summed E-state index contributed by atoms with van der Waals surface area (Å²) >= 11 is 9.33. The molecule has 3 nitrogen and oxygen atoms in total. The van der Waals surface area contributed by atoms with E-state index in [2.05, 4.69) is 21.2 Å². The Balaban J connectivity index is 1.84. The van der Waals surface area contributed by atoms with Crippen LogP contribution in [0.15, 0.2) is 46.9 Å². The van der Waals surface area contributed by atoms with Crippen molar-refractivity contribution in [3.8, 4) is 5.75 Å². The molecular formula is C15H14BrClFNO2. The normalized spacial score (nSPS) is 12.0. The van der Waals surface area contributed by atoms with Gasteiger partial charge in [-0.25, -0.2) is 4.39 Å². The number of aliphatic hydroxyl groups excluding tert-OH is 1. The van der Waals surface area contributed by atoms with E-state index in [1.807, 2.05) is 6.07 Å². The Hall–Kier alpha value is -1.30. The summed E-state index contributed by atoms with van der Waals surface area (Å²) in [5.41, 5.74) is 0.771. The van der Waals surface area contributed by atoms with Crippen LogP contribution in [0.5, 0.6) is 5.75 Å². The van der Waals surface area contributed by atoms with Gasteiger partial charge in [-0.1, -0.05) is 29.8 Å². The van der Waals surface area contributed by atoms with Crippen LogP contribution >= 0.6 is 27.5 Å². The average Bonchev–Trinajstić information content (AvgIpc) is 2.48. The number of hydrogen-bond acceptors (Lipinski definition) is 3. The lowest BCUT2D eigenvalue weighted by molar-refractivity contribution is 0.115. The van der Waals surface area contributed by atoms with Crippen LogP contribution in [-0.4, -0.2) is 24.4 Å². The van der Waals surface area contributed by atoms with Gasteiger partial charge in [-0.3, -0.25) is 0 Å². The van der Waals surface area contributed by atoms with Gasteiger partial charge in [0.1, 0.15) is 12.7 Å². The first-order chi connectivity index (χ1) is 10.1. The molecule has 0 aromatic heterocycles. The summed E-state index contributed by atoms with van der Waals surface area (Å²) in [5.74, 6) is -0.323. The van der Waals surface area contributed by atoms with E-state index in [0.29, 0.717) is 5.02 Å². The fourth-order valence-corrected chi connectivity index (χ4v) is 2.25. The molecule has 2 aromatic carbocycles. The van der Waals surface area contributed by atoms with Gasteiger partial charge in [0.25, 0.3) is 0 Å². The van der Waals surface area contributed by atoms with Gasteiger partial charge in [-0.2, -0.15) is 0 Å². The summed E-state index contributed by atoms with van der Waals surface area (Å²) in [6.07, 6.45) is -0.782. The predicted octanol–water partition coefficient (Wildman–Crippen LogP) is 4.09.